The van der Waals surface area contributed by atoms with E-state index in [1.165, 1.54) is 12.0 Å². The fourth-order valence-electron chi connectivity index (χ4n) is 3.33. The Morgan fingerprint density at radius 2 is 1.91 bits per heavy atom. The number of nitrogens with zero attached hydrogens (tertiary/aromatic N) is 2. The summed E-state index contributed by atoms with van der Waals surface area (Å²) in [7, 11) is 0. The SMILES string of the molecule is C[C@H](CCN1CCN(CC(C)(C)O)[C@H](C)C1)c1ccccc1. The average molecular weight is 304 g/mol. The maximum atomic E-state index is 10.0. The molecule has 0 amide bonds. The van der Waals surface area contributed by atoms with Crippen LogP contribution in [0, 0.1) is 0 Å². The van der Waals surface area contributed by atoms with Crippen molar-refractivity contribution >= 4 is 0 Å². The first-order valence-electron chi connectivity index (χ1n) is 8.59. The number of hydrogen-bond donors (Lipinski definition) is 1. The molecule has 1 aliphatic heterocycles. The van der Waals surface area contributed by atoms with E-state index in [0.717, 1.165) is 32.7 Å². The van der Waals surface area contributed by atoms with E-state index in [4.69, 9.17) is 0 Å². The van der Waals surface area contributed by atoms with E-state index in [1.54, 1.807) is 0 Å². The summed E-state index contributed by atoms with van der Waals surface area (Å²) >= 11 is 0. The van der Waals surface area contributed by atoms with Crippen LogP contribution in [-0.4, -0.2) is 59.3 Å². The summed E-state index contributed by atoms with van der Waals surface area (Å²) in [6.07, 6.45) is 1.21. The third-order valence-electron chi connectivity index (χ3n) is 4.69. The normalized spacial score (nSPS) is 22.7. The molecule has 0 spiro atoms. The van der Waals surface area contributed by atoms with Crippen molar-refractivity contribution in [3.63, 3.8) is 0 Å². The lowest BCUT2D eigenvalue weighted by Crippen LogP contribution is -2.55. The van der Waals surface area contributed by atoms with Crippen molar-refractivity contribution in [2.24, 2.45) is 0 Å². The molecule has 3 nitrogen and oxygen atoms in total. The fraction of sp³-hybridized carbons (Fsp3) is 0.684. The van der Waals surface area contributed by atoms with Gasteiger partial charge in [-0.15, -0.1) is 0 Å². The second kappa shape index (κ2) is 7.58. The van der Waals surface area contributed by atoms with E-state index >= 15 is 0 Å². The Morgan fingerprint density at radius 1 is 1.23 bits per heavy atom. The number of benzene rings is 1. The number of hydrogen-bond acceptors (Lipinski definition) is 3. The second-order valence-electron chi connectivity index (χ2n) is 7.53. The van der Waals surface area contributed by atoms with Crippen LogP contribution in [0.4, 0.5) is 0 Å². The molecule has 2 rings (SSSR count). The van der Waals surface area contributed by atoms with Gasteiger partial charge in [-0.25, -0.2) is 0 Å². The first-order valence-corrected chi connectivity index (χ1v) is 8.59. The molecule has 1 fully saturated rings. The molecular formula is C19H32N2O. The van der Waals surface area contributed by atoms with Crippen molar-refractivity contribution in [1.29, 1.82) is 0 Å². The quantitative estimate of drug-likeness (QED) is 0.875. The largest absolute Gasteiger partial charge is 0.389 e. The molecule has 22 heavy (non-hydrogen) atoms. The van der Waals surface area contributed by atoms with Gasteiger partial charge in [0.25, 0.3) is 0 Å². The fourth-order valence-corrected chi connectivity index (χ4v) is 3.33. The predicted octanol–water partition coefficient (Wildman–Crippen LogP) is 2.96. The van der Waals surface area contributed by atoms with E-state index in [-0.39, 0.29) is 0 Å². The van der Waals surface area contributed by atoms with E-state index in [2.05, 4.69) is 54.0 Å². The van der Waals surface area contributed by atoms with Crippen LogP contribution in [0.25, 0.3) is 0 Å². The maximum Gasteiger partial charge on any atom is 0.0718 e. The summed E-state index contributed by atoms with van der Waals surface area (Å²) in [4.78, 5) is 4.99. The topological polar surface area (TPSA) is 26.7 Å². The van der Waals surface area contributed by atoms with Crippen LogP contribution in [0.5, 0.6) is 0 Å². The van der Waals surface area contributed by atoms with Gasteiger partial charge in [-0.05, 0) is 45.2 Å². The highest BCUT2D eigenvalue weighted by molar-refractivity contribution is 5.18. The maximum absolute atomic E-state index is 10.0. The Bertz CT molecular complexity index is 440. The summed E-state index contributed by atoms with van der Waals surface area (Å²) in [6.45, 7) is 13.6. The van der Waals surface area contributed by atoms with Crippen LogP contribution >= 0.6 is 0 Å². The second-order valence-corrected chi connectivity index (χ2v) is 7.53. The third kappa shape index (κ3) is 5.38. The summed E-state index contributed by atoms with van der Waals surface area (Å²) in [5, 5.41) is 10.0. The zero-order valence-electron chi connectivity index (χ0n) is 14.6. The molecule has 0 saturated carbocycles. The minimum atomic E-state index is -0.599. The monoisotopic (exact) mass is 304 g/mol. The molecule has 1 saturated heterocycles. The van der Waals surface area contributed by atoms with Gasteiger partial charge in [-0.2, -0.15) is 0 Å². The standard InChI is InChI=1S/C19H32N2O/c1-16(18-8-6-5-7-9-18)10-11-20-12-13-21(17(2)14-20)15-19(3,4)22/h5-9,16-17,22H,10-15H2,1-4H3/t16-,17-/m1/s1. The van der Waals surface area contributed by atoms with Crippen LogP contribution in [-0.2, 0) is 0 Å². The van der Waals surface area contributed by atoms with Crippen molar-refractivity contribution < 1.29 is 5.11 Å². The molecule has 1 heterocycles. The average Bonchev–Trinajstić information content (AvgIpc) is 2.47. The lowest BCUT2D eigenvalue weighted by Gasteiger charge is -2.42. The van der Waals surface area contributed by atoms with Crippen molar-refractivity contribution in [1.82, 2.24) is 9.80 Å². The highest BCUT2D eigenvalue weighted by Crippen LogP contribution is 2.20. The molecule has 0 radical (unpaired) electrons. The lowest BCUT2D eigenvalue weighted by atomic mass is 9.97. The van der Waals surface area contributed by atoms with Gasteiger partial charge >= 0.3 is 0 Å². The zero-order valence-corrected chi connectivity index (χ0v) is 14.6. The van der Waals surface area contributed by atoms with Gasteiger partial charge in [-0.3, -0.25) is 4.90 Å². The number of piperazine rings is 1. The first kappa shape index (κ1) is 17.5. The zero-order chi connectivity index (χ0) is 16.2. The molecule has 124 valence electrons. The molecule has 1 aromatic rings. The summed E-state index contributed by atoms with van der Waals surface area (Å²) < 4.78 is 0. The molecule has 0 aromatic heterocycles. The summed E-state index contributed by atoms with van der Waals surface area (Å²) in [6, 6.07) is 11.3. The molecule has 2 atom stereocenters. The highest BCUT2D eigenvalue weighted by atomic mass is 16.3. The van der Waals surface area contributed by atoms with E-state index in [1.807, 2.05) is 13.8 Å². The Kier molecular flexibility index (Phi) is 6.01. The van der Waals surface area contributed by atoms with Gasteiger partial charge in [0.15, 0.2) is 0 Å². The van der Waals surface area contributed by atoms with Crippen LogP contribution in [0.3, 0.4) is 0 Å². The van der Waals surface area contributed by atoms with Gasteiger partial charge < -0.3 is 10.0 Å². The molecule has 0 aliphatic carbocycles. The highest BCUT2D eigenvalue weighted by Gasteiger charge is 2.27. The number of aliphatic hydroxyl groups is 1. The van der Waals surface area contributed by atoms with Gasteiger partial charge in [0, 0.05) is 32.2 Å². The minimum Gasteiger partial charge on any atom is -0.389 e. The molecule has 1 aliphatic rings. The van der Waals surface area contributed by atoms with Crippen LogP contribution in [0.15, 0.2) is 30.3 Å². The van der Waals surface area contributed by atoms with Crippen LogP contribution in [0.2, 0.25) is 0 Å². The van der Waals surface area contributed by atoms with Crippen molar-refractivity contribution in [3.8, 4) is 0 Å². The predicted molar refractivity (Wildman–Crippen MR) is 93.2 cm³/mol. The van der Waals surface area contributed by atoms with Crippen LogP contribution < -0.4 is 0 Å². The molecule has 0 bridgehead atoms. The van der Waals surface area contributed by atoms with Gasteiger partial charge in [0.2, 0.25) is 0 Å². The molecule has 1 aromatic carbocycles. The van der Waals surface area contributed by atoms with Crippen LogP contribution in [0.1, 0.15) is 45.6 Å². The molecule has 1 N–H and O–H groups in total. The first-order chi connectivity index (χ1) is 10.3. The summed E-state index contributed by atoms with van der Waals surface area (Å²) in [5.74, 6) is 0.617. The van der Waals surface area contributed by atoms with E-state index in [9.17, 15) is 5.11 Å². The number of rotatable bonds is 6. The minimum absolute atomic E-state index is 0.521. The van der Waals surface area contributed by atoms with Gasteiger partial charge in [0.05, 0.1) is 5.60 Å². The smallest absolute Gasteiger partial charge is 0.0718 e. The van der Waals surface area contributed by atoms with Gasteiger partial charge in [-0.1, -0.05) is 37.3 Å². The Morgan fingerprint density at radius 3 is 2.50 bits per heavy atom. The van der Waals surface area contributed by atoms with Crippen molar-refractivity contribution in [3.05, 3.63) is 35.9 Å². The number of β-amino-alcohol motifs (C(OH)–C–C–N with tert-alkyl or cyclic N) is 1. The Labute approximate surface area is 135 Å². The molecular weight excluding hydrogens is 272 g/mol. The molecule has 0 unspecified atom stereocenters. The molecule has 3 heteroatoms. The van der Waals surface area contributed by atoms with Crippen molar-refractivity contribution in [2.45, 2.75) is 51.7 Å². The van der Waals surface area contributed by atoms with E-state index < -0.39 is 5.60 Å². The van der Waals surface area contributed by atoms with E-state index in [0.29, 0.717) is 12.0 Å². The van der Waals surface area contributed by atoms with Crippen molar-refractivity contribution in [2.75, 3.05) is 32.7 Å². The summed E-state index contributed by atoms with van der Waals surface area (Å²) in [5.41, 5.74) is 0.842. The Hall–Kier alpha value is -0.900. The Balaban J connectivity index is 1.77. The third-order valence-corrected chi connectivity index (χ3v) is 4.69. The van der Waals surface area contributed by atoms with Gasteiger partial charge in [0.1, 0.15) is 0 Å². The lowest BCUT2D eigenvalue weighted by molar-refractivity contribution is -0.00393.